The summed E-state index contributed by atoms with van der Waals surface area (Å²) in [4.78, 5) is 36.2. The third-order valence-corrected chi connectivity index (χ3v) is 8.15. The van der Waals surface area contributed by atoms with E-state index in [1.54, 1.807) is 6.92 Å². The maximum atomic E-state index is 12.7. The van der Waals surface area contributed by atoms with Crippen molar-refractivity contribution in [1.82, 2.24) is 0 Å². The van der Waals surface area contributed by atoms with Crippen LogP contribution in [-0.2, 0) is 14.4 Å². The molecule has 0 aliphatic heterocycles. The molecule has 0 aromatic carbocycles. The van der Waals surface area contributed by atoms with Crippen LogP contribution >= 0.6 is 0 Å². The highest BCUT2D eigenvalue weighted by atomic mass is 16.4. The van der Waals surface area contributed by atoms with Crippen LogP contribution in [0.15, 0.2) is 0 Å². The molecule has 0 saturated heterocycles. The van der Waals surface area contributed by atoms with Crippen molar-refractivity contribution in [3.63, 3.8) is 0 Å². The first-order valence-corrected chi connectivity index (χ1v) is 9.81. The molecule has 0 heterocycles. The molecule has 152 valence electrons. The number of hydrogen-bond acceptors (Lipinski definition) is 6. The number of carboxylic acid groups (broad SMARTS) is 1. The van der Waals surface area contributed by atoms with Gasteiger partial charge >= 0.3 is 5.97 Å². The van der Waals surface area contributed by atoms with E-state index in [0.717, 1.165) is 0 Å². The van der Waals surface area contributed by atoms with Crippen LogP contribution in [-0.4, -0.2) is 56.3 Å². The average Bonchev–Trinajstić information content (AvgIpc) is 2.87. The van der Waals surface area contributed by atoms with Crippen molar-refractivity contribution in [2.45, 2.75) is 70.5 Å². The van der Waals surface area contributed by atoms with Crippen LogP contribution in [0.25, 0.3) is 0 Å². The molecule has 4 N–H and O–H groups in total. The van der Waals surface area contributed by atoms with Crippen molar-refractivity contribution in [3.05, 3.63) is 0 Å². The van der Waals surface area contributed by atoms with Crippen LogP contribution in [0.5, 0.6) is 0 Å². The number of aliphatic carboxylic acids is 1. The molecule has 0 bridgehead atoms. The first-order valence-electron chi connectivity index (χ1n) is 9.81. The van der Waals surface area contributed by atoms with Gasteiger partial charge in [0.05, 0.1) is 6.10 Å². The second-order valence-corrected chi connectivity index (χ2v) is 9.24. The summed E-state index contributed by atoms with van der Waals surface area (Å²) < 4.78 is 0. The van der Waals surface area contributed by atoms with Crippen LogP contribution in [0.2, 0.25) is 0 Å². The smallest absolute Gasteiger partial charge is 0.303 e. The molecule has 7 nitrogen and oxygen atoms in total. The quantitative estimate of drug-likeness (QED) is 0.556. The summed E-state index contributed by atoms with van der Waals surface area (Å²) in [5, 5.41) is 40.6. The van der Waals surface area contributed by atoms with E-state index in [2.05, 4.69) is 0 Å². The Labute approximate surface area is 158 Å². The summed E-state index contributed by atoms with van der Waals surface area (Å²) in [6, 6.07) is 0. The highest BCUT2D eigenvalue weighted by Crippen LogP contribution is 2.65. The van der Waals surface area contributed by atoms with Gasteiger partial charge in [-0.25, -0.2) is 0 Å². The maximum absolute atomic E-state index is 12.7. The normalized spacial score (nSPS) is 46.6. The Kier molecular flexibility index (Phi) is 5.02. The van der Waals surface area contributed by atoms with Crippen molar-refractivity contribution < 1.29 is 34.8 Å². The van der Waals surface area contributed by atoms with Gasteiger partial charge in [-0.05, 0) is 43.9 Å². The average molecular weight is 382 g/mol. The van der Waals surface area contributed by atoms with Gasteiger partial charge in [0.25, 0.3) is 0 Å². The van der Waals surface area contributed by atoms with Crippen LogP contribution in [0, 0.1) is 28.6 Å². The second kappa shape index (κ2) is 6.64. The Hall–Kier alpha value is -1.31. The lowest BCUT2D eigenvalue weighted by molar-refractivity contribution is -0.189. The van der Waals surface area contributed by atoms with Gasteiger partial charge in [-0.3, -0.25) is 14.4 Å². The summed E-state index contributed by atoms with van der Waals surface area (Å²) in [5.41, 5.74) is -3.44. The zero-order valence-corrected chi connectivity index (χ0v) is 16.0. The highest BCUT2D eigenvalue weighted by molar-refractivity contribution is 5.90. The number of rotatable bonds is 5. The minimum absolute atomic E-state index is 0.00709. The fourth-order valence-electron chi connectivity index (χ4n) is 6.69. The van der Waals surface area contributed by atoms with Crippen molar-refractivity contribution in [2.75, 3.05) is 6.61 Å². The van der Waals surface area contributed by atoms with Crippen molar-refractivity contribution in [1.29, 1.82) is 0 Å². The third kappa shape index (κ3) is 2.77. The van der Waals surface area contributed by atoms with Crippen LogP contribution in [0.1, 0.15) is 58.8 Å². The van der Waals surface area contributed by atoms with E-state index in [9.17, 15) is 29.7 Å². The van der Waals surface area contributed by atoms with Crippen LogP contribution < -0.4 is 0 Å². The predicted molar refractivity (Wildman–Crippen MR) is 94.7 cm³/mol. The fraction of sp³-hybridized carbons (Fsp3) is 0.850. The molecule has 27 heavy (non-hydrogen) atoms. The number of hydrogen-bond donors (Lipinski definition) is 4. The number of aliphatic hydroxyl groups excluding tert-OH is 2. The van der Waals surface area contributed by atoms with E-state index < -0.39 is 40.9 Å². The minimum atomic E-state index is -1.67. The van der Waals surface area contributed by atoms with Crippen molar-refractivity contribution >= 4 is 17.5 Å². The SMILES string of the molecule is C[C@]1(CCC(=O)O)C(=O)CC[C@@H]2[C@@H]1[C@@H](O)C[C@@]1(C)[C@H]2CC[C@]1(O)C(=O)CO. The molecule has 3 aliphatic rings. The molecule has 3 rings (SSSR count). The molecule has 3 saturated carbocycles. The van der Waals surface area contributed by atoms with Gasteiger partial charge in [-0.2, -0.15) is 0 Å². The summed E-state index contributed by atoms with van der Waals surface area (Å²) in [7, 11) is 0. The van der Waals surface area contributed by atoms with Crippen molar-refractivity contribution in [3.8, 4) is 0 Å². The summed E-state index contributed by atoms with van der Waals surface area (Å²) >= 11 is 0. The van der Waals surface area contributed by atoms with Gasteiger partial charge in [-0.15, -0.1) is 0 Å². The Morgan fingerprint density at radius 1 is 1.22 bits per heavy atom. The van der Waals surface area contributed by atoms with Gasteiger partial charge in [0.15, 0.2) is 5.78 Å². The lowest BCUT2D eigenvalue weighted by Crippen LogP contribution is -2.62. The number of Topliss-reactive ketones (excluding diaryl/α,β-unsaturated/α-hetero) is 2. The fourth-order valence-corrected chi connectivity index (χ4v) is 6.69. The molecule has 0 amide bonds. The van der Waals surface area contributed by atoms with Gasteiger partial charge in [0, 0.05) is 29.6 Å². The zero-order valence-electron chi connectivity index (χ0n) is 16.0. The highest BCUT2D eigenvalue weighted by Gasteiger charge is 2.68. The van der Waals surface area contributed by atoms with E-state index in [1.807, 2.05) is 6.92 Å². The Bertz CT molecular complexity index is 661. The molecule has 0 unspecified atom stereocenters. The minimum Gasteiger partial charge on any atom is -0.481 e. The molecule has 3 fully saturated rings. The van der Waals surface area contributed by atoms with E-state index in [-0.39, 0.29) is 49.2 Å². The lowest BCUT2D eigenvalue weighted by atomic mass is 9.46. The first kappa shape index (κ1) is 20.4. The molecule has 0 radical (unpaired) electrons. The van der Waals surface area contributed by atoms with Gasteiger partial charge in [0.1, 0.15) is 18.0 Å². The number of fused-ring (bicyclic) bond motifs is 3. The molecule has 7 heteroatoms. The number of ketones is 2. The lowest BCUT2D eigenvalue weighted by Gasteiger charge is -2.58. The molecule has 3 aliphatic carbocycles. The van der Waals surface area contributed by atoms with Gasteiger partial charge in [0.2, 0.25) is 0 Å². The Morgan fingerprint density at radius 3 is 2.48 bits per heavy atom. The Morgan fingerprint density at radius 2 is 1.89 bits per heavy atom. The first-order chi connectivity index (χ1) is 12.5. The van der Waals surface area contributed by atoms with Crippen LogP contribution in [0.4, 0.5) is 0 Å². The van der Waals surface area contributed by atoms with Crippen molar-refractivity contribution in [2.24, 2.45) is 28.6 Å². The molecular formula is C20H30O7. The maximum Gasteiger partial charge on any atom is 0.303 e. The number of carboxylic acids is 1. The molecule has 7 atom stereocenters. The largest absolute Gasteiger partial charge is 0.481 e. The molecule has 0 aromatic heterocycles. The van der Waals surface area contributed by atoms with Gasteiger partial charge < -0.3 is 20.4 Å². The topological polar surface area (TPSA) is 132 Å². The van der Waals surface area contributed by atoms with E-state index in [4.69, 9.17) is 5.11 Å². The monoisotopic (exact) mass is 382 g/mol. The predicted octanol–water partition coefficient (Wildman–Crippen LogP) is 0.926. The number of carbonyl (C=O) groups excluding carboxylic acids is 2. The Balaban J connectivity index is 1.97. The van der Waals surface area contributed by atoms with Crippen LogP contribution in [0.3, 0.4) is 0 Å². The van der Waals surface area contributed by atoms with E-state index in [0.29, 0.717) is 19.3 Å². The van der Waals surface area contributed by atoms with E-state index >= 15 is 0 Å². The second-order valence-electron chi connectivity index (χ2n) is 9.24. The summed E-state index contributed by atoms with van der Waals surface area (Å²) in [6.45, 7) is 2.83. The summed E-state index contributed by atoms with van der Waals surface area (Å²) in [5.74, 6) is -2.07. The summed E-state index contributed by atoms with van der Waals surface area (Å²) in [6.07, 6.45) is 1.04. The zero-order chi connectivity index (χ0) is 20.2. The van der Waals surface area contributed by atoms with Gasteiger partial charge in [-0.1, -0.05) is 13.8 Å². The molecule has 0 aromatic rings. The molecule has 0 spiro atoms. The number of carbonyl (C=O) groups is 3. The number of aliphatic hydroxyl groups is 3. The van der Waals surface area contributed by atoms with E-state index in [1.165, 1.54) is 0 Å². The third-order valence-electron chi connectivity index (χ3n) is 8.15. The standard InChI is InChI=1S/C20H30O7/c1-18(7-6-16(25)26)14(23)4-3-11-12-5-8-20(27,15(24)10-21)19(12,2)9-13(22)17(11)18/h11-13,17,21-22,27H,3-10H2,1-2H3,(H,25,26)/t11-,12-,13-,17+,18-,19-,20-/m0/s1. The molecular weight excluding hydrogens is 352 g/mol.